The number of nitrogens with one attached hydrogen (secondary N) is 1. The lowest BCUT2D eigenvalue weighted by Gasteiger charge is -2.06. The Labute approximate surface area is 75.2 Å². The molecule has 0 radical (unpaired) electrons. The highest BCUT2D eigenvalue weighted by atomic mass is 16.6. The smallest absolute Gasteiger partial charge is 0.413 e. The minimum atomic E-state index is -0.561. The summed E-state index contributed by atoms with van der Waals surface area (Å²) in [4.78, 5) is 11.0. The van der Waals surface area contributed by atoms with Gasteiger partial charge in [0.15, 0.2) is 0 Å². The maximum Gasteiger partial charge on any atom is 0.413 e. The standard InChI is InChI=1S/C7H11N3O3/c1-4(2)12-7(11)8-6-5(3)9-13-10-6/h4H,1-3H3,(H,8,10,11). The summed E-state index contributed by atoms with van der Waals surface area (Å²) >= 11 is 0. The van der Waals surface area contributed by atoms with E-state index in [1.807, 2.05) is 0 Å². The van der Waals surface area contributed by atoms with E-state index < -0.39 is 6.09 Å². The SMILES string of the molecule is Cc1nonc1NC(=O)OC(C)C. The molecular formula is C7H11N3O3. The van der Waals surface area contributed by atoms with Crippen LogP contribution in [0.4, 0.5) is 10.6 Å². The molecule has 0 spiro atoms. The molecular weight excluding hydrogens is 174 g/mol. The normalized spacial score (nSPS) is 10.2. The van der Waals surface area contributed by atoms with Crippen LogP contribution < -0.4 is 5.32 Å². The highest BCUT2D eigenvalue weighted by Gasteiger charge is 2.10. The van der Waals surface area contributed by atoms with Crippen LogP contribution in [0, 0.1) is 6.92 Å². The fraction of sp³-hybridized carbons (Fsp3) is 0.571. The summed E-state index contributed by atoms with van der Waals surface area (Å²) < 4.78 is 9.20. The van der Waals surface area contributed by atoms with E-state index in [9.17, 15) is 4.79 Å². The molecule has 6 nitrogen and oxygen atoms in total. The van der Waals surface area contributed by atoms with Gasteiger partial charge in [0, 0.05) is 0 Å². The zero-order valence-corrected chi connectivity index (χ0v) is 7.70. The molecule has 0 aromatic carbocycles. The molecule has 0 aliphatic heterocycles. The number of nitrogens with zero attached hydrogens (tertiary/aromatic N) is 2. The highest BCUT2D eigenvalue weighted by Crippen LogP contribution is 2.07. The summed E-state index contributed by atoms with van der Waals surface area (Å²) in [6.07, 6.45) is -0.728. The number of hydrogen-bond acceptors (Lipinski definition) is 5. The Morgan fingerprint density at radius 2 is 2.23 bits per heavy atom. The molecule has 1 amide bonds. The molecule has 0 unspecified atom stereocenters. The van der Waals surface area contributed by atoms with Crippen LogP contribution in [-0.4, -0.2) is 22.5 Å². The number of carbonyl (C=O) groups is 1. The molecule has 0 atom stereocenters. The van der Waals surface area contributed by atoms with Gasteiger partial charge >= 0.3 is 6.09 Å². The van der Waals surface area contributed by atoms with E-state index >= 15 is 0 Å². The summed E-state index contributed by atoms with van der Waals surface area (Å²) in [6, 6.07) is 0. The second kappa shape index (κ2) is 3.88. The Morgan fingerprint density at radius 3 is 2.69 bits per heavy atom. The first kappa shape index (κ1) is 9.50. The van der Waals surface area contributed by atoms with E-state index in [-0.39, 0.29) is 11.9 Å². The van der Waals surface area contributed by atoms with Gasteiger partial charge in [0.25, 0.3) is 0 Å². The summed E-state index contributed by atoms with van der Waals surface area (Å²) in [7, 11) is 0. The van der Waals surface area contributed by atoms with Crippen LogP contribution in [0.2, 0.25) is 0 Å². The van der Waals surface area contributed by atoms with E-state index in [1.54, 1.807) is 20.8 Å². The van der Waals surface area contributed by atoms with Gasteiger partial charge in [-0.1, -0.05) is 5.16 Å². The molecule has 0 aliphatic rings. The predicted octanol–water partition coefficient (Wildman–Crippen LogP) is 1.33. The van der Waals surface area contributed by atoms with Crippen molar-refractivity contribution in [2.24, 2.45) is 0 Å². The Hall–Kier alpha value is -1.59. The maximum atomic E-state index is 11.0. The molecule has 13 heavy (non-hydrogen) atoms. The van der Waals surface area contributed by atoms with Crippen molar-refractivity contribution in [1.82, 2.24) is 10.3 Å². The molecule has 6 heteroatoms. The van der Waals surface area contributed by atoms with Crippen LogP contribution in [0.15, 0.2) is 4.63 Å². The average molecular weight is 185 g/mol. The summed E-state index contributed by atoms with van der Waals surface area (Å²) in [5, 5.41) is 9.35. The van der Waals surface area contributed by atoms with Crippen molar-refractivity contribution in [2.45, 2.75) is 26.9 Å². The average Bonchev–Trinajstić information content (AvgIpc) is 2.34. The lowest BCUT2D eigenvalue weighted by molar-refractivity contribution is 0.129. The summed E-state index contributed by atoms with van der Waals surface area (Å²) in [6.45, 7) is 5.18. The molecule has 0 fully saturated rings. The van der Waals surface area contributed by atoms with Gasteiger partial charge in [-0.15, -0.1) is 0 Å². The summed E-state index contributed by atoms with van der Waals surface area (Å²) in [5.41, 5.74) is 0.515. The van der Waals surface area contributed by atoms with E-state index in [0.29, 0.717) is 5.69 Å². The van der Waals surface area contributed by atoms with E-state index in [0.717, 1.165) is 0 Å². The van der Waals surface area contributed by atoms with E-state index in [1.165, 1.54) is 0 Å². The quantitative estimate of drug-likeness (QED) is 0.752. The Kier molecular flexibility index (Phi) is 2.84. The second-order valence-corrected chi connectivity index (χ2v) is 2.78. The number of ether oxygens (including phenoxy) is 1. The van der Waals surface area contributed by atoms with Gasteiger partial charge in [-0.25, -0.2) is 9.42 Å². The first-order valence-electron chi connectivity index (χ1n) is 3.86. The largest absolute Gasteiger partial charge is 0.447 e. The number of amides is 1. The Morgan fingerprint density at radius 1 is 1.54 bits per heavy atom. The number of anilines is 1. The number of aryl methyl sites for hydroxylation is 1. The van der Waals surface area contributed by atoms with E-state index in [2.05, 4.69) is 20.3 Å². The molecule has 0 aliphatic carbocycles. The third kappa shape index (κ3) is 2.73. The van der Waals surface area contributed by atoms with Crippen LogP contribution in [0.1, 0.15) is 19.5 Å². The first-order valence-corrected chi connectivity index (χ1v) is 3.86. The van der Waals surface area contributed by atoms with Crippen molar-refractivity contribution in [2.75, 3.05) is 5.32 Å². The van der Waals surface area contributed by atoms with Gasteiger partial charge < -0.3 is 4.74 Å². The van der Waals surface area contributed by atoms with Crippen LogP contribution in [0.25, 0.3) is 0 Å². The predicted molar refractivity (Wildman–Crippen MR) is 44.3 cm³/mol. The molecule has 72 valence electrons. The van der Waals surface area contributed by atoms with Gasteiger partial charge in [0.1, 0.15) is 5.69 Å². The highest BCUT2D eigenvalue weighted by molar-refractivity contribution is 5.83. The van der Waals surface area contributed by atoms with Crippen molar-refractivity contribution in [3.05, 3.63) is 5.69 Å². The summed E-state index contributed by atoms with van der Waals surface area (Å²) in [5.74, 6) is 0.283. The van der Waals surface area contributed by atoms with Crippen molar-refractivity contribution in [1.29, 1.82) is 0 Å². The number of rotatable bonds is 2. The molecule has 1 aromatic rings. The molecule has 1 rings (SSSR count). The van der Waals surface area contributed by atoms with Crippen molar-refractivity contribution >= 4 is 11.9 Å². The molecule has 1 heterocycles. The Bertz CT molecular complexity index is 295. The monoisotopic (exact) mass is 185 g/mol. The van der Waals surface area contributed by atoms with Gasteiger partial charge in [0.2, 0.25) is 5.82 Å². The molecule has 0 saturated heterocycles. The van der Waals surface area contributed by atoms with Gasteiger partial charge in [-0.3, -0.25) is 5.32 Å². The zero-order valence-electron chi connectivity index (χ0n) is 7.70. The molecule has 1 aromatic heterocycles. The van der Waals surface area contributed by atoms with Crippen molar-refractivity contribution < 1.29 is 14.2 Å². The number of hydrogen-bond donors (Lipinski definition) is 1. The molecule has 0 bridgehead atoms. The number of aromatic nitrogens is 2. The third-order valence-corrected chi connectivity index (χ3v) is 1.22. The topological polar surface area (TPSA) is 77.3 Å². The first-order chi connectivity index (χ1) is 6.09. The van der Waals surface area contributed by atoms with E-state index in [4.69, 9.17) is 4.74 Å². The lowest BCUT2D eigenvalue weighted by atomic mass is 10.5. The minimum absolute atomic E-state index is 0.167. The fourth-order valence-electron chi connectivity index (χ4n) is 0.685. The van der Waals surface area contributed by atoms with Crippen LogP contribution in [-0.2, 0) is 4.74 Å². The fourth-order valence-corrected chi connectivity index (χ4v) is 0.685. The Balaban J connectivity index is 2.50. The lowest BCUT2D eigenvalue weighted by Crippen LogP contribution is -2.18. The minimum Gasteiger partial charge on any atom is -0.447 e. The van der Waals surface area contributed by atoms with Crippen LogP contribution in [0.5, 0.6) is 0 Å². The molecule has 1 N–H and O–H groups in total. The van der Waals surface area contributed by atoms with Crippen LogP contribution >= 0.6 is 0 Å². The van der Waals surface area contributed by atoms with Crippen molar-refractivity contribution in [3.8, 4) is 0 Å². The zero-order chi connectivity index (χ0) is 9.84. The van der Waals surface area contributed by atoms with Gasteiger partial charge in [-0.2, -0.15) is 0 Å². The second-order valence-electron chi connectivity index (χ2n) is 2.78. The third-order valence-electron chi connectivity index (χ3n) is 1.22. The van der Waals surface area contributed by atoms with Gasteiger partial charge in [0.05, 0.1) is 6.10 Å². The molecule has 0 saturated carbocycles. The van der Waals surface area contributed by atoms with Crippen molar-refractivity contribution in [3.63, 3.8) is 0 Å². The van der Waals surface area contributed by atoms with Crippen LogP contribution in [0.3, 0.4) is 0 Å². The van der Waals surface area contributed by atoms with Gasteiger partial charge in [-0.05, 0) is 25.9 Å². The maximum absolute atomic E-state index is 11.0. The number of carbonyl (C=O) groups excluding carboxylic acids is 1.